The van der Waals surface area contributed by atoms with Crippen LogP contribution in [0.4, 0.5) is 13.2 Å². The standard InChI is InChI=1S/C31H37N5O3.C2HF3O2/c1-7-24-18-36(16-22-12-13-32-15-27(22)39-24)17-23-14-21(9-8-19(23)2)28(31(4,5)30(37)38)25-10-11-26-29(20(25)3)33-34-35(26)6;3-2(4,5)1(6)7/h8-15,24,28H,7,16-18H2,1-6H3,(H,37,38);(H,6,7)/t24-,28+;/m1./s1. The molecule has 1 aliphatic rings. The minimum atomic E-state index is -5.08. The Balaban J connectivity index is 0.000000617. The third-order valence-corrected chi connectivity index (χ3v) is 8.48. The largest absolute Gasteiger partial charge is 0.490 e. The van der Waals surface area contributed by atoms with E-state index in [9.17, 15) is 23.1 Å². The van der Waals surface area contributed by atoms with Crippen molar-refractivity contribution in [2.75, 3.05) is 6.54 Å². The summed E-state index contributed by atoms with van der Waals surface area (Å²) < 4.78 is 39.7. The Morgan fingerprint density at radius 2 is 1.78 bits per heavy atom. The first kappa shape index (κ1) is 34.4. The molecule has 5 rings (SSSR count). The Morgan fingerprint density at radius 3 is 2.41 bits per heavy atom. The zero-order valence-corrected chi connectivity index (χ0v) is 26.6. The number of aromatic nitrogens is 4. The average Bonchev–Trinajstić information content (AvgIpc) is 3.26. The molecular weight excluding hydrogens is 603 g/mol. The molecule has 46 heavy (non-hydrogen) atoms. The molecule has 0 saturated heterocycles. The summed E-state index contributed by atoms with van der Waals surface area (Å²) in [4.78, 5) is 28.2. The van der Waals surface area contributed by atoms with E-state index in [1.165, 1.54) is 11.1 Å². The number of ether oxygens (including phenoxy) is 1. The van der Waals surface area contributed by atoms with Gasteiger partial charge in [-0.05, 0) is 74.1 Å². The van der Waals surface area contributed by atoms with E-state index in [1.807, 2.05) is 58.4 Å². The van der Waals surface area contributed by atoms with E-state index in [0.717, 1.165) is 65.1 Å². The van der Waals surface area contributed by atoms with Gasteiger partial charge in [0.2, 0.25) is 0 Å². The van der Waals surface area contributed by atoms with E-state index in [-0.39, 0.29) is 12.0 Å². The highest BCUT2D eigenvalue weighted by Crippen LogP contribution is 2.44. The number of carboxylic acids is 2. The van der Waals surface area contributed by atoms with Crippen LogP contribution in [0.25, 0.3) is 11.0 Å². The van der Waals surface area contributed by atoms with Gasteiger partial charge in [-0.15, -0.1) is 5.10 Å². The molecule has 3 heterocycles. The van der Waals surface area contributed by atoms with E-state index in [1.54, 1.807) is 4.68 Å². The van der Waals surface area contributed by atoms with E-state index < -0.39 is 23.5 Å². The Bertz CT molecular complexity index is 1740. The molecule has 10 nitrogen and oxygen atoms in total. The molecular formula is C33H38F3N5O5. The minimum absolute atomic E-state index is 0.0824. The van der Waals surface area contributed by atoms with Gasteiger partial charge < -0.3 is 14.9 Å². The molecule has 2 aromatic heterocycles. The van der Waals surface area contributed by atoms with E-state index >= 15 is 0 Å². The van der Waals surface area contributed by atoms with E-state index in [0.29, 0.717) is 0 Å². The number of hydrogen-bond acceptors (Lipinski definition) is 7. The molecule has 0 amide bonds. The summed E-state index contributed by atoms with van der Waals surface area (Å²) in [6.07, 6.45) is -0.475. The van der Waals surface area contributed by atoms with Crippen molar-refractivity contribution in [1.82, 2.24) is 24.9 Å². The summed E-state index contributed by atoms with van der Waals surface area (Å²) in [6.45, 7) is 12.2. The highest BCUT2D eigenvalue weighted by Gasteiger charge is 2.40. The first-order chi connectivity index (χ1) is 21.5. The second-order valence-electron chi connectivity index (χ2n) is 12.1. The Kier molecular flexibility index (Phi) is 10.0. The third kappa shape index (κ3) is 7.30. The van der Waals surface area contributed by atoms with Gasteiger partial charge in [0.15, 0.2) is 0 Å². The fourth-order valence-electron chi connectivity index (χ4n) is 5.74. The summed E-state index contributed by atoms with van der Waals surface area (Å²) >= 11 is 0. The first-order valence-electron chi connectivity index (χ1n) is 14.8. The molecule has 246 valence electrons. The minimum Gasteiger partial charge on any atom is -0.487 e. The van der Waals surface area contributed by atoms with Crippen LogP contribution < -0.4 is 4.74 Å². The molecule has 0 bridgehead atoms. The number of carboxylic acid groups (broad SMARTS) is 2. The summed E-state index contributed by atoms with van der Waals surface area (Å²) in [5, 5.41) is 26.0. The lowest BCUT2D eigenvalue weighted by Gasteiger charge is -2.33. The number of aryl methyl sites for hydroxylation is 3. The highest BCUT2D eigenvalue weighted by molar-refractivity contribution is 5.81. The van der Waals surface area contributed by atoms with Gasteiger partial charge in [-0.2, -0.15) is 13.2 Å². The number of fused-ring (bicyclic) bond motifs is 2. The van der Waals surface area contributed by atoms with Crippen LogP contribution in [0.5, 0.6) is 5.75 Å². The molecule has 0 fully saturated rings. The number of alkyl halides is 3. The van der Waals surface area contributed by atoms with Gasteiger partial charge in [-0.1, -0.05) is 36.4 Å². The molecule has 0 unspecified atom stereocenters. The third-order valence-electron chi connectivity index (χ3n) is 8.48. The number of benzene rings is 2. The monoisotopic (exact) mass is 641 g/mol. The zero-order chi connectivity index (χ0) is 34.0. The predicted molar refractivity (Wildman–Crippen MR) is 164 cm³/mol. The van der Waals surface area contributed by atoms with Crippen molar-refractivity contribution in [3.05, 3.63) is 82.2 Å². The maximum absolute atomic E-state index is 12.6. The van der Waals surface area contributed by atoms with Crippen LogP contribution in [0.1, 0.15) is 66.5 Å². The van der Waals surface area contributed by atoms with Crippen molar-refractivity contribution in [3.8, 4) is 5.75 Å². The van der Waals surface area contributed by atoms with Gasteiger partial charge in [-0.25, -0.2) is 9.48 Å². The Morgan fingerprint density at radius 1 is 1.09 bits per heavy atom. The number of aliphatic carboxylic acids is 2. The molecule has 13 heteroatoms. The second-order valence-corrected chi connectivity index (χ2v) is 12.1. The topological polar surface area (TPSA) is 131 Å². The first-order valence-corrected chi connectivity index (χ1v) is 14.8. The summed E-state index contributed by atoms with van der Waals surface area (Å²) in [5.74, 6) is -3.11. The molecule has 2 aromatic carbocycles. The SMILES string of the molecule is CC[C@@H]1CN(Cc2cc([C@@H](c3ccc4c(nnn4C)c3C)C(C)(C)C(=O)O)ccc2C)Cc2ccncc2O1.O=C(O)C(F)(F)F. The number of rotatable bonds is 7. The highest BCUT2D eigenvalue weighted by atomic mass is 19.4. The lowest BCUT2D eigenvalue weighted by molar-refractivity contribution is -0.192. The zero-order valence-electron chi connectivity index (χ0n) is 26.6. The van der Waals surface area contributed by atoms with Gasteiger partial charge in [0.25, 0.3) is 0 Å². The van der Waals surface area contributed by atoms with Crippen molar-refractivity contribution >= 4 is 23.0 Å². The lowest BCUT2D eigenvalue weighted by Crippen LogP contribution is -2.33. The molecule has 0 saturated carbocycles. The molecule has 0 spiro atoms. The van der Waals surface area contributed by atoms with Crippen LogP contribution in [-0.4, -0.2) is 65.9 Å². The van der Waals surface area contributed by atoms with Crippen LogP contribution in [0, 0.1) is 19.3 Å². The maximum atomic E-state index is 12.6. The fourth-order valence-corrected chi connectivity index (χ4v) is 5.74. The Hall–Kier alpha value is -4.52. The smallest absolute Gasteiger partial charge is 0.487 e. The molecule has 2 N–H and O–H groups in total. The lowest BCUT2D eigenvalue weighted by atomic mass is 9.69. The van der Waals surface area contributed by atoms with Crippen molar-refractivity contribution < 1.29 is 37.7 Å². The Labute approximate surface area is 264 Å². The second kappa shape index (κ2) is 13.5. The molecule has 2 atom stereocenters. The van der Waals surface area contributed by atoms with Gasteiger partial charge in [0, 0.05) is 44.4 Å². The number of halogens is 3. The van der Waals surface area contributed by atoms with Crippen LogP contribution in [-0.2, 0) is 29.7 Å². The van der Waals surface area contributed by atoms with Crippen molar-refractivity contribution in [3.63, 3.8) is 0 Å². The molecule has 1 aliphatic heterocycles. The van der Waals surface area contributed by atoms with Crippen molar-refractivity contribution in [2.24, 2.45) is 12.5 Å². The molecule has 4 aromatic rings. The average molecular weight is 642 g/mol. The van der Waals surface area contributed by atoms with Crippen molar-refractivity contribution in [1.29, 1.82) is 0 Å². The quantitative estimate of drug-likeness (QED) is 0.248. The number of nitrogens with zero attached hydrogens (tertiary/aromatic N) is 5. The van der Waals surface area contributed by atoms with E-state index in [2.05, 4.69) is 52.2 Å². The fraction of sp³-hybridized carbons (Fsp3) is 0.424. The van der Waals surface area contributed by atoms with Gasteiger partial charge >= 0.3 is 18.1 Å². The van der Waals surface area contributed by atoms with Gasteiger partial charge in [-0.3, -0.25) is 14.7 Å². The normalized spacial score (nSPS) is 16.1. The van der Waals surface area contributed by atoms with E-state index in [4.69, 9.17) is 14.6 Å². The predicted octanol–water partition coefficient (Wildman–Crippen LogP) is 6.03. The van der Waals surface area contributed by atoms with Gasteiger partial charge in [0.1, 0.15) is 17.4 Å². The maximum Gasteiger partial charge on any atom is 0.490 e. The van der Waals surface area contributed by atoms with Crippen LogP contribution in [0.3, 0.4) is 0 Å². The summed E-state index contributed by atoms with van der Waals surface area (Å²) in [6, 6.07) is 12.5. The van der Waals surface area contributed by atoms with Crippen LogP contribution in [0.2, 0.25) is 0 Å². The summed E-state index contributed by atoms with van der Waals surface area (Å²) in [7, 11) is 1.87. The van der Waals surface area contributed by atoms with Gasteiger partial charge in [0.05, 0.1) is 17.1 Å². The number of hydrogen-bond donors (Lipinski definition) is 2. The van der Waals surface area contributed by atoms with Crippen molar-refractivity contribution in [2.45, 2.75) is 72.3 Å². The number of carbonyl (C=O) groups is 2. The summed E-state index contributed by atoms with van der Waals surface area (Å²) in [5.41, 5.74) is 7.08. The molecule has 0 radical (unpaired) electrons. The van der Waals surface area contributed by atoms with Crippen LogP contribution in [0.15, 0.2) is 48.8 Å². The van der Waals surface area contributed by atoms with Crippen LogP contribution >= 0.6 is 0 Å². The number of pyridine rings is 1. The molecule has 0 aliphatic carbocycles.